The molecule has 2 rings (SSSR count). The van der Waals surface area contributed by atoms with Crippen LogP contribution in [-0.2, 0) is 0 Å². The number of aryl methyl sites for hydroxylation is 1. The lowest BCUT2D eigenvalue weighted by atomic mass is 10.0. The van der Waals surface area contributed by atoms with Gasteiger partial charge < -0.3 is 0 Å². The van der Waals surface area contributed by atoms with Gasteiger partial charge in [-0.3, -0.25) is 0 Å². The monoisotopic (exact) mass is 215 g/mol. The maximum absolute atomic E-state index is 2.19. The van der Waals surface area contributed by atoms with Crippen molar-refractivity contribution in [2.75, 3.05) is 0 Å². The van der Waals surface area contributed by atoms with Crippen molar-refractivity contribution in [2.24, 2.45) is 0 Å². The zero-order valence-electron chi connectivity index (χ0n) is 8.45. The standard InChI is InChI=1S/C12H12S.Al/c1-9-5-3-6-11(10(9)2)12-7-4-8-13-12;/h3-8H,1-2H3;. The minimum absolute atomic E-state index is 0. The van der Waals surface area contributed by atoms with Gasteiger partial charge in [-0.2, -0.15) is 0 Å². The van der Waals surface area contributed by atoms with E-state index in [2.05, 4.69) is 49.6 Å². The Morgan fingerprint density at radius 2 is 1.79 bits per heavy atom. The second-order valence-electron chi connectivity index (χ2n) is 3.22. The van der Waals surface area contributed by atoms with Crippen molar-refractivity contribution in [1.29, 1.82) is 0 Å². The van der Waals surface area contributed by atoms with E-state index in [0.29, 0.717) is 0 Å². The smallest absolute Gasteiger partial charge is 0.0345 e. The van der Waals surface area contributed by atoms with E-state index in [4.69, 9.17) is 0 Å². The van der Waals surface area contributed by atoms with Crippen LogP contribution in [-0.4, -0.2) is 17.4 Å². The maximum atomic E-state index is 2.19. The number of hydrogen-bond donors (Lipinski definition) is 0. The van der Waals surface area contributed by atoms with Gasteiger partial charge in [0.25, 0.3) is 0 Å². The predicted molar refractivity (Wildman–Crippen MR) is 65.0 cm³/mol. The Hall–Kier alpha value is -0.548. The zero-order chi connectivity index (χ0) is 9.26. The minimum atomic E-state index is 0. The largest absolute Gasteiger partial charge is 0.144 e. The van der Waals surface area contributed by atoms with Crippen LogP contribution in [0.5, 0.6) is 0 Å². The number of thiophene rings is 1. The number of benzene rings is 1. The van der Waals surface area contributed by atoms with Crippen molar-refractivity contribution in [3.63, 3.8) is 0 Å². The molecule has 2 heteroatoms. The average molecular weight is 215 g/mol. The van der Waals surface area contributed by atoms with E-state index in [1.807, 2.05) is 0 Å². The molecule has 3 radical (unpaired) electrons. The highest BCUT2D eigenvalue weighted by atomic mass is 32.1. The first-order chi connectivity index (χ1) is 6.29. The molecule has 69 valence electrons. The van der Waals surface area contributed by atoms with Crippen molar-refractivity contribution in [1.82, 2.24) is 0 Å². The fourth-order valence-corrected chi connectivity index (χ4v) is 2.26. The average Bonchev–Trinajstić information content (AvgIpc) is 2.62. The quantitative estimate of drug-likeness (QED) is 0.637. The molecule has 0 aliphatic heterocycles. The molecule has 1 aromatic carbocycles. The van der Waals surface area contributed by atoms with E-state index in [9.17, 15) is 0 Å². The molecule has 0 spiro atoms. The molecule has 1 aromatic heterocycles. The SMILES string of the molecule is Cc1cccc(-c2cccs2)c1C.[Al]. The normalized spacial score (nSPS) is 9.57. The summed E-state index contributed by atoms with van der Waals surface area (Å²) in [4.78, 5) is 1.36. The van der Waals surface area contributed by atoms with Crippen LogP contribution in [0.25, 0.3) is 10.4 Å². The van der Waals surface area contributed by atoms with Gasteiger partial charge in [0.1, 0.15) is 0 Å². The summed E-state index contributed by atoms with van der Waals surface area (Å²) in [5.41, 5.74) is 4.13. The Bertz CT molecular complexity index is 404. The Kier molecular flexibility index (Phi) is 3.95. The highest BCUT2D eigenvalue weighted by Gasteiger charge is 2.03. The molecule has 1 heterocycles. The van der Waals surface area contributed by atoms with Crippen molar-refractivity contribution >= 4 is 28.7 Å². The van der Waals surface area contributed by atoms with Crippen LogP contribution in [0.15, 0.2) is 35.7 Å². The van der Waals surface area contributed by atoms with Crippen LogP contribution in [0.1, 0.15) is 11.1 Å². The molecule has 0 unspecified atom stereocenters. The molecule has 0 atom stereocenters. The first kappa shape index (κ1) is 11.5. The van der Waals surface area contributed by atoms with Crippen molar-refractivity contribution in [3.05, 3.63) is 46.8 Å². The molecule has 0 aliphatic rings. The lowest BCUT2D eigenvalue weighted by molar-refractivity contribution is 1.35. The van der Waals surface area contributed by atoms with Gasteiger partial charge in [-0.25, -0.2) is 0 Å². The molecule has 0 nitrogen and oxygen atoms in total. The Morgan fingerprint density at radius 3 is 2.43 bits per heavy atom. The summed E-state index contributed by atoms with van der Waals surface area (Å²) in [6.07, 6.45) is 0. The van der Waals surface area contributed by atoms with Crippen LogP contribution < -0.4 is 0 Å². The van der Waals surface area contributed by atoms with Crippen LogP contribution in [0.3, 0.4) is 0 Å². The Labute approximate surface area is 99.7 Å². The summed E-state index contributed by atoms with van der Waals surface area (Å²) in [5, 5.41) is 2.12. The predicted octanol–water partition coefficient (Wildman–Crippen LogP) is 3.65. The molecule has 0 bridgehead atoms. The van der Waals surface area contributed by atoms with Gasteiger partial charge in [-0.05, 0) is 42.0 Å². The second-order valence-corrected chi connectivity index (χ2v) is 4.17. The molecular weight excluding hydrogens is 203 g/mol. The fourth-order valence-electron chi connectivity index (χ4n) is 1.45. The third-order valence-electron chi connectivity index (χ3n) is 2.39. The van der Waals surface area contributed by atoms with Gasteiger partial charge in [0.2, 0.25) is 0 Å². The Morgan fingerprint density at radius 1 is 1.00 bits per heavy atom. The van der Waals surface area contributed by atoms with Crippen LogP contribution >= 0.6 is 11.3 Å². The van der Waals surface area contributed by atoms with E-state index in [0.717, 1.165) is 0 Å². The topological polar surface area (TPSA) is 0 Å². The van der Waals surface area contributed by atoms with E-state index >= 15 is 0 Å². The Balaban J connectivity index is 0.000000980. The van der Waals surface area contributed by atoms with E-state index in [1.165, 1.54) is 21.6 Å². The summed E-state index contributed by atoms with van der Waals surface area (Å²) < 4.78 is 0. The van der Waals surface area contributed by atoms with Crippen molar-refractivity contribution < 1.29 is 0 Å². The number of hydrogen-bond acceptors (Lipinski definition) is 1. The summed E-state index contributed by atoms with van der Waals surface area (Å²) in [6.45, 7) is 4.34. The fraction of sp³-hybridized carbons (Fsp3) is 0.167. The summed E-state index contributed by atoms with van der Waals surface area (Å²) in [5.74, 6) is 0. The highest BCUT2D eigenvalue weighted by molar-refractivity contribution is 7.13. The molecule has 0 aliphatic carbocycles. The van der Waals surface area contributed by atoms with Crippen LogP contribution in [0.4, 0.5) is 0 Å². The van der Waals surface area contributed by atoms with E-state index in [1.54, 1.807) is 11.3 Å². The van der Waals surface area contributed by atoms with E-state index < -0.39 is 0 Å². The van der Waals surface area contributed by atoms with Gasteiger partial charge in [0.05, 0.1) is 0 Å². The van der Waals surface area contributed by atoms with Gasteiger partial charge >= 0.3 is 0 Å². The molecule has 0 amide bonds. The molecule has 0 saturated heterocycles. The van der Waals surface area contributed by atoms with Crippen molar-refractivity contribution in [3.8, 4) is 10.4 Å². The number of rotatable bonds is 1. The molecule has 0 N–H and O–H groups in total. The maximum Gasteiger partial charge on any atom is 0.0345 e. The third kappa shape index (κ3) is 2.09. The van der Waals surface area contributed by atoms with Gasteiger partial charge in [-0.1, -0.05) is 24.3 Å². The molecule has 14 heavy (non-hydrogen) atoms. The van der Waals surface area contributed by atoms with Crippen molar-refractivity contribution in [2.45, 2.75) is 13.8 Å². The third-order valence-corrected chi connectivity index (χ3v) is 3.29. The van der Waals surface area contributed by atoms with Crippen LogP contribution in [0.2, 0.25) is 0 Å². The zero-order valence-corrected chi connectivity index (χ0v) is 10.4. The van der Waals surface area contributed by atoms with E-state index in [-0.39, 0.29) is 17.4 Å². The first-order valence-corrected chi connectivity index (χ1v) is 5.27. The van der Waals surface area contributed by atoms with Gasteiger partial charge in [0.15, 0.2) is 0 Å². The van der Waals surface area contributed by atoms with Gasteiger partial charge in [-0.15, -0.1) is 11.3 Å². The minimum Gasteiger partial charge on any atom is -0.144 e. The summed E-state index contributed by atoms with van der Waals surface area (Å²) >= 11 is 1.80. The van der Waals surface area contributed by atoms with Crippen LogP contribution in [0, 0.1) is 13.8 Å². The van der Waals surface area contributed by atoms with Gasteiger partial charge in [0, 0.05) is 22.2 Å². The lowest BCUT2D eigenvalue weighted by Crippen LogP contribution is -1.83. The lowest BCUT2D eigenvalue weighted by Gasteiger charge is -2.05. The highest BCUT2D eigenvalue weighted by Crippen LogP contribution is 2.28. The molecule has 0 saturated carbocycles. The molecule has 2 aromatic rings. The molecule has 0 fully saturated rings. The first-order valence-electron chi connectivity index (χ1n) is 4.39. The second kappa shape index (κ2) is 4.80. The molecular formula is C12H12AlS. The summed E-state index contributed by atoms with van der Waals surface area (Å²) in [7, 11) is 0. The summed E-state index contributed by atoms with van der Waals surface area (Å²) in [6, 6.07) is 10.7.